The molecular formula is C21H20O3. The average molecular weight is 320 g/mol. The van der Waals surface area contributed by atoms with Crippen LogP contribution in [0.2, 0.25) is 0 Å². The highest BCUT2D eigenvalue weighted by molar-refractivity contribution is 6.07. The maximum absolute atomic E-state index is 12.5. The fraction of sp³-hybridized carbons (Fsp3) is 0.190. The van der Waals surface area contributed by atoms with E-state index in [1.165, 1.54) is 0 Å². The lowest BCUT2D eigenvalue weighted by Gasteiger charge is -2.21. The first-order chi connectivity index (χ1) is 11.4. The number of ether oxygens (including phenoxy) is 1. The first-order valence-corrected chi connectivity index (χ1v) is 7.90. The normalized spacial score (nSPS) is 11.5. The van der Waals surface area contributed by atoms with Crippen molar-refractivity contribution in [1.29, 1.82) is 0 Å². The molecule has 122 valence electrons. The highest BCUT2D eigenvalue weighted by Gasteiger charge is 2.23. The molecule has 0 fully saturated rings. The zero-order valence-corrected chi connectivity index (χ0v) is 14.0. The number of carbonyl (C=O) groups excluding carboxylic acids is 1. The van der Waals surface area contributed by atoms with Gasteiger partial charge < -0.3 is 9.84 Å². The van der Waals surface area contributed by atoms with Gasteiger partial charge in [-0.25, -0.2) is 4.79 Å². The van der Waals surface area contributed by atoms with Crippen molar-refractivity contribution < 1.29 is 14.6 Å². The van der Waals surface area contributed by atoms with Crippen LogP contribution in [-0.2, 0) is 4.74 Å². The van der Waals surface area contributed by atoms with Crippen LogP contribution in [0.3, 0.4) is 0 Å². The van der Waals surface area contributed by atoms with Gasteiger partial charge in [-0.05, 0) is 43.4 Å². The number of hydrogen-bond acceptors (Lipinski definition) is 3. The Morgan fingerprint density at radius 3 is 2.12 bits per heavy atom. The van der Waals surface area contributed by atoms with Crippen LogP contribution >= 0.6 is 0 Å². The quantitative estimate of drug-likeness (QED) is 0.663. The van der Waals surface area contributed by atoms with Crippen LogP contribution in [0.5, 0.6) is 5.75 Å². The van der Waals surface area contributed by atoms with Crippen molar-refractivity contribution in [2.75, 3.05) is 0 Å². The van der Waals surface area contributed by atoms with Crippen molar-refractivity contribution in [3.63, 3.8) is 0 Å². The first-order valence-electron chi connectivity index (χ1n) is 7.90. The molecule has 0 bridgehead atoms. The molecule has 3 aromatic rings. The first kappa shape index (κ1) is 16.1. The number of fused-ring (bicyclic) bond motifs is 1. The van der Waals surface area contributed by atoms with Gasteiger partial charge in [0.1, 0.15) is 16.9 Å². The summed E-state index contributed by atoms with van der Waals surface area (Å²) in [5.41, 5.74) is 1.44. The van der Waals surface area contributed by atoms with E-state index in [2.05, 4.69) is 0 Å². The van der Waals surface area contributed by atoms with Crippen molar-refractivity contribution in [2.24, 2.45) is 0 Å². The van der Waals surface area contributed by atoms with E-state index in [1.54, 1.807) is 26.8 Å². The largest absolute Gasteiger partial charge is 0.506 e. The third-order valence-corrected chi connectivity index (χ3v) is 3.72. The molecule has 0 saturated heterocycles. The molecule has 0 aromatic heterocycles. The van der Waals surface area contributed by atoms with Gasteiger partial charge in [0, 0.05) is 5.39 Å². The Morgan fingerprint density at radius 2 is 1.50 bits per heavy atom. The molecule has 0 aliphatic rings. The number of rotatable bonds is 2. The lowest BCUT2D eigenvalue weighted by atomic mass is 9.94. The van der Waals surface area contributed by atoms with Gasteiger partial charge in [0.15, 0.2) is 0 Å². The van der Waals surface area contributed by atoms with Gasteiger partial charge in [-0.2, -0.15) is 0 Å². The highest BCUT2D eigenvalue weighted by Crippen LogP contribution is 2.37. The minimum atomic E-state index is -0.623. The number of phenols is 1. The second-order valence-electron chi connectivity index (χ2n) is 6.73. The monoisotopic (exact) mass is 320 g/mol. The molecule has 0 heterocycles. The molecule has 0 atom stereocenters. The Morgan fingerprint density at radius 1 is 0.917 bits per heavy atom. The van der Waals surface area contributed by atoms with Gasteiger partial charge in [0.25, 0.3) is 0 Å². The van der Waals surface area contributed by atoms with Crippen molar-refractivity contribution in [3.8, 4) is 16.9 Å². The summed E-state index contributed by atoms with van der Waals surface area (Å²) in [6.45, 7) is 5.42. The Bertz CT molecular complexity index is 890. The van der Waals surface area contributed by atoms with Crippen LogP contribution in [0.1, 0.15) is 31.1 Å². The topological polar surface area (TPSA) is 46.5 Å². The highest BCUT2D eigenvalue weighted by atomic mass is 16.6. The summed E-state index contributed by atoms with van der Waals surface area (Å²) in [6, 6.07) is 19.0. The lowest BCUT2D eigenvalue weighted by molar-refractivity contribution is 0.00671. The molecule has 0 radical (unpaired) electrons. The van der Waals surface area contributed by atoms with E-state index in [0.717, 1.165) is 16.5 Å². The molecular weight excluding hydrogens is 300 g/mol. The van der Waals surface area contributed by atoms with Crippen LogP contribution < -0.4 is 0 Å². The Balaban J connectivity index is 2.25. The van der Waals surface area contributed by atoms with Crippen LogP contribution in [0, 0.1) is 0 Å². The predicted octanol–water partition coefficient (Wildman–Crippen LogP) is 5.17. The summed E-state index contributed by atoms with van der Waals surface area (Å²) in [6.07, 6.45) is 0. The van der Waals surface area contributed by atoms with E-state index < -0.39 is 11.6 Å². The zero-order valence-electron chi connectivity index (χ0n) is 14.0. The van der Waals surface area contributed by atoms with Gasteiger partial charge in [-0.1, -0.05) is 54.6 Å². The second kappa shape index (κ2) is 6.00. The summed E-state index contributed by atoms with van der Waals surface area (Å²) < 4.78 is 5.45. The van der Waals surface area contributed by atoms with E-state index in [-0.39, 0.29) is 11.3 Å². The number of aromatic hydroxyl groups is 1. The summed E-state index contributed by atoms with van der Waals surface area (Å²) >= 11 is 0. The zero-order chi connectivity index (χ0) is 17.3. The molecule has 3 nitrogen and oxygen atoms in total. The number of esters is 1. The van der Waals surface area contributed by atoms with Crippen molar-refractivity contribution in [1.82, 2.24) is 0 Å². The Hall–Kier alpha value is -2.81. The van der Waals surface area contributed by atoms with E-state index >= 15 is 0 Å². The number of phenolic OH excluding ortho intramolecular Hbond substituents is 1. The molecule has 0 unspecified atom stereocenters. The molecule has 0 aliphatic carbocycles. The van der Waals surface area contributed by atoms with Crippen LogP contribution in [0.4, 0.5) is 0 Å². The fourth-order valence-electron chi connectivity index (χ4n) is 2.71. The summed E-state index contributed by atoms with van der Waals surface area (Å²) in [4.78, 5) is 12.5. The average Bonchev–Trinajstić information content (AvgIpc) is 2.54. The van der Waals surface area contributed by atoms with Gasteiger partial charge in [-0.3, -0.25) is 0 Å². The molecule has 0 amide bonds. The van der Waals surface area contributed by atoms with Gasteiger partial charge in [0.05, 0.1) is 0 Å². The second-order valence-corrected chi connectivity index (χ2v) is 6.73. The molecule has 1 N–H and O–H groups in total. The Labute approximate surface area is 141 Å². The number of hydrogen-bond donors (Lipinski definition) is 1. The lowest BCUT2D eigenvalue weighted by Crippen LogP contribution is -2.24. The molecule has 0 saturated carbocycles. The maximum atomic E-state index is 12.5. The SMILES string of the molecule is CC(C)(C)OC(=O)c1cc(-c2ccccc2)c2ccccc2c1O. The third-order valence-electron chi connectivity index (χ3n) is 3.72. The maximum Gasteiger partial charge on any atom is 0.342 e. The summed E-state index contributed by atoms with van der Waals surface area (Å²) in [7, 11) is 0. The Kier molecular flexibility index (Phi) is 4.02. The predicted molar refractivity (Wildman–Crippen MR) is 96.2 cm³/mol. The minimum absolute atomic E-state index is 0.0421. The van der Waals surface area contributed by atoms with E-state index in [9.17, 15) is 9.90 Å². The number of carbonyl (C=O) groups is 1. The summed E-state index contributed by atoms with van der Waals surface area (Å²) in [5, 5.41) is 12.1. The molecule has 0 spiro atoms. The smallest absolute Gasteiger partial charge is 0.342 e. The standard InChI is InChI=1S/C21H20O3/c1-21(2,3)24-20(23)18-13-17(14-9-5-4-6-10-14)15-11-7-8-12-16(15)19(18)22/h4-13,22H,1-3H3. The molecule has 3 aromatic carbocycles. The molecule has 3 rings (SSSR count). The van der Waals surface area contributed by atoms with Crippen LogP contribution in [-0.4, -0.2) is 16.7 Å². The van der Waals surface area contributed by atoms with Gasteiger partial charge >= 0.3 is 5.97 Å². The summed E-state index contributed by atoms with van der Waals surface area (Å²) in [5.74, 6) is -0.567. The van der Waals surface area contributed by atoms with E-state index in [4.69, 9.17) is 4.74 Å². The fourth-order valence-corrected chi connectivity index (χ4v) is 2.71. The van der Waals surface area contributed by atoms with Gasteiger partial charge in [0.2, 0.25) is 0 Å². The van der Waals surface area contributed by atoms with Crippen molar-refractivity contribution in [2.45, 2.75) is 26.4 Å². The van der Waals surface area contributed by atoms with Crippen molar-refractivity contribution >= 4 is 16.7 Å². The molecule has 3 heteroatoms. The van der Waals surface area contributed by atoms with Crippen molar-refractivity contribution in [3.05, 3.63) is 66.2 Å². The van der Waals surface area contributed by atoms with Crippen LogP contribution in [0.25, 0.3) is 21.9 Å². The molecule has 24 heavy (non-hydrogen) atoms. The van der Waals surface area contributed by atoms with Crippen LogP contribution in [0.15, 0.2) is 60.7 Å². The molecule has 0 aliphatic heterocycles. The minimum Gasteiger partial charge on any atom is -0.506 e. The third kappa shape index (κ3) is 3.11. The van der Waals surface area contributed by atoms with Gasteiger partial charge in [-0.15, -0.1) is 0 Å². The van der Waals surface area contributed by atoms with E-state index in [1.807, 2.05) is 54.6 Å². The van der Waals surface area contributed by atoms with E-state index in [0.29, 0.717) is 5.39 Å². The number of benzene rings is 3.